The Morgan fingerprint density at radius 2 is 1.90 bits per heavy atom. The summed E-state index contributed by atoms with van der Waals surface area (Å²) < 4.78 is 61.8. The van der Waals surface area contributed by atoms with E-state index in [-0.39, 0.29) is 36.1 Å². The standard InChI is InChI=1S/C27H36FN3O8S2/c1-27(2,3)39-26(33)31(15-9-17-41(34,35)36)25-29-23(24(32)37-6)22(40-25)11-8-16-38-21-13-12-19(18-20(21)28)10-7-14-30(4)5/h12-13,18H,8-9,11,14-17H2,1-6H3,(H,34,35,36). The van der Waals surface area contributed by atoms with E-state index in [1.165, 1.54) is 19.2 Å². The third kappa shape index (κ3) is 12.0. The molecule has 0 fully saturated rings. The SMILES string of the molecule is COC(=O)c1nc(N(CCCS(=O)(=O)O)C(=O)OC(C)(C)C)sc1CCCOc1ccc(C#CCN(C)C)cc1F. The fourth-order valence-electron chi connectivity index (χ4n) is 3.28. The minimum atomic E-state index is -4.25. The number of nitrogens with zero attached hydrogens (tertiary/aromatic N) is 3. The number of amides is 1. The molecular formula is C27H36FN3O8S2. The lowest BCUT2D eigenvalue weighted by atomic mass is 10.2. The van der Waals surface area contributed by atoms with Crippen molar-refractivity contribution >= 4 is 38.6 Å². The van der Waals surface area contributed by atoms with Crippen molar-refractivity contribution in [1.29, 1.82) is 0 Å². The van der Waals surface area contributed by atoms with E-state index < -0.39 is 39.4 Å². The van der Waals surface area contributed by atoms with Crippen LogP contribution in [-0.4, -0.2) is 87.2 Å². The summed E-state index contributed by atoms with van der Waals surface area (Å²) in [7, 11) is 0.719. The van der Waals surface area contributed by atoms with E-state index in [0.717, 1.165) is 16.2 Å². The summed E-state index contributed by atoms with van der Waals surface area (Å²) in [5.74, 6) is 4.05. The second-order valence-corrected chi connectivity index (χ2v) is 12.8. The Bertz CT molecular complexity index is 1380. The number of aromatic nitrogens is 1. The molecule has 14 heteroatoms. The van der Waals surface area contributed by atoms with Crippen LogP contribution in [0.2, 0.25) is 0 Å². The minimum Gasteiger partial charge on any atom is -0.491 e. The third-order valence-corrected chi connectivity index (χ3v) is 7.00. The fraction of sp³-hybridized carbons (Fsp3) is 0.519. The zero-order chi connectivity index (χ0) is 30.8. The lowest BCUT2D eigenvalue weighted by molar-refractivity contribution is 0.0569. The van der Waals surface area contributed by atoms with E-state index in [1.54, 1.807) is 26.8 Å². The van der Waals surface area contributed by atoms with Crippen LogP contribution >= 0.6 is 11.3 Å². The second-order valence-electron chi connectivity index (χ2n) is 10.2. The molecule has 0 spiro atoms. The van der Waals surface area contributed by atoms with Gasteiger partial charge in [-0.15, -0.1) is 11.3 Å². The Balaban J connectivity index is 2.16. The zero-order valence-corrected chi connectivity index (χ0v) is 25.7. The number of carbonyl (C=O) groups is 2. The topological polar surface area (TPSA) is 136 Å². The number of thiazole rings is 1. The van der Waals surface area contributed by atoms with Gasteiger partial charge in [-0.05, 0) is 72.3 Å². The van der Waals surface area contributed by atoms with Crippen LogP contribution < -0.4 is 9.64 Å². The molecule has 1 aromatic carbocycles. The highest BCUT2D eigenvalue weighted by molar-refractivity contribution is 7.85. The predicted molar refractivity (Wildman–Crippen MR) is 154 cm³/mol. The number of halogens is 1. The first-order chi connectivity index (χ1) is 19.1. The highest BCUT2D eigenvalue weighted by Crippen LogP contribution is 2.30. The van der Waals surface area contributed by atoms with Crippen molar-refractivity contribution in [3.63, 3.8) is 0 Å². The maximum absolute atomic E-state index is 14.5. The van der Waals surface area contributed by atoms with Gasteiger partial charge in [-0.25, -0.2) is 19.0 Å². The van der Waals surface area contributed by atoms with Gasteiger partial charge in [0.05, 0.1) is 26.0 Å². The molecule has 1 amide bonds. The quantitative estimate of drug-likeness (QED) is 0.162. The monoisotopic (exact) mass is 613 g/mol. The van der Waals surface area contributed by atoms with Crippen LogP contribution in [0.5, 0.6) is 5.75 Å². The van der Waals surface area contributed by atoms with Crippen LogP contribution in [0.4, 0.5) is 14.3 Å². The van der Waals surface area contributed by atoms with Gasteiger partial charge in [-0.3, -0.25) is 14.4 Å². The van der Waals surface area contributed by atoms with Gasteiger partial charge < -0.3 is 14.2 Å². The number of benzene rings is 1. The molecule has 1 heterocycles. The first kappa shape index (κ1) is 34.0. The van der Waals surface area contributed by atoms with Crippen LogP contribution in [0.15, 0.2) is 18.2 Å². The van der Waals surface area contributed by atoms with Crippen molar-refractivity contribution in [3.8, 4) is 17.6 Å². The minimum absolute atomic E-state index is 0.0114. The van der Waals surface area contributed by atoms with Crippen LogP contribution in [0.3, 0.4) is 0 Å². The Kier molecular flexibility index (Phi) is 12.5. The molecule has 2 aromatic rings. The Morgan fingerprint density at radius 3 is 2.49 bits per heavy atom. The number of anilines is 1. The molecule has 0 aliphatic rings. The maximum Gasteiger partial charge on any atom is 0.416 e. The molecule has 1 aromatic heterocycles. The Labute approximate surface area is 244 Å². The summed E-state index contributed by atoms with van der Waals surface area (Å²) in [6.07, 6.45) is -0.214. The normalized spacial score (nSPS) is 11.5. The summed E-state index contributed by atoms with van der Waals surface area (Å²) in [5.41, 5.74) is -0.335. The lowest BCUT2D eigenvalue weighted by Crippen LogP contribution is -2.38. The van der Waals surface area contributed by atoms with Gasteiger partial charge >= 0.3 is 12.1 Å². The average molecular weight is 614 g/mol. The van der Waals surface area contributed by atoms with E-state index in [0.29, 0.717) is 29.8 Å². The molecular weight excluding hydrogens is 577 g/mol. The van der Waals surface area contributed by atoms with Gasteiger partial charge in [0.25, 0.3) is 10.1 Å². The molecule has 0 saturated carbocycles. The number of aryl methyl sites for hydroxylation is 1. The van der Waals surface area contributed by atoms with E-state index in [1.807, 2.05) is 19.0 Å². The van der Waals surface area contributed by atoms with Crippen molar-refractivity contribution in [2.75, 3.05) is 51.6 Å². The molecule has 0 bridgehead atoms. The van der Waals surface area contributed by atoms with E-state index in [9.17, 15) is 22.4 Å². The largest absolute Gasteiger partial charge is 0.491 e. The van der Waals surface area contributed by atoms with E-state index in [4.69, 9.17) is 18.8 Å². The molecule has 0 aliphatic heterocycles. The molecule has 226 valence electrons. The molecule has 11 nitrogen and oxygen atoms in total. The van der Waals surface area contributed by atoms with E-state index >= 15 is 0 Å². The van der Waals surface area contributed by atoms with Crippen molar-refractivity contribution in [2.24, 2.45) is 0 Å². The number of carbonyl (C=O) groups excluding carboxylic acids is 2. The molecule has 2 rings (SSSR count). The first-order valence-electron chi connectivity index (χ1n) is 12.7. The summed E-state index contributed by atoms with van der Waals surface area (Å²) >= 11 is 1.04. The first-order valence-corrected chi connectivity index (χ1v) is 15.1. The molecule has 0 aliphatic carbocycles. The Hall–Kier alpha value is -3.25. The number of esters is 1. The third-order valence-electron chi connectivity index (χ3n) is 5.06. The highest BCUT2D eigenvalue weighted by Gasteiger charge is 2.29. The van der Waals surface area contributed by atoms with Gasteiger partial charge in [-0.1, -0.05) is 11.8 Å². The lowest BCUT2D eigenvalue weighted by Gasteiger charge is -2.25. The smallest absolute Gasteiger partial charge is 0.416 e. The van der Waals surface area contributed by atoms with Crippen molar-refractivity contribution in [2.45, 2.75) is 45.6 Å². The Morgan fingerprint density at radius 1 is 1.20 bits per heavy atom. The van der Waals surface area contributed by atoms with Crippen LogP contribution in [0.25, 0.3) is 0 Å². The van der Waals surface area contributed by atoms with Crippen molar-refractivity contribution in [3.05, 3.63) is 40.2 Å². The number of methoxy groups -OCH3 is 1. The van der Waals surface area contributed by atoms with Gasteiger partial charge in [-0.2, -0.15) is 8.42 Å². The summed E-state index contributed by atoms with van der Waals surface area (Å²) in [6.45, 7) is 5.55. The van der Waals surface area contributed by atoms with Crippen LogP contribution in [0, 0.1) is 17.7 Å². The molecule has 0 radical (unpaired) electrons. The molecule has 1 N–H and O–H groups in total. The highest BCUT2D eigenvalue weighted by atomic mass is 32.2. The number of ether oxygens (including phenoxy) is 3. The molecule has 0 atom stereocenters. The van der Waals surface area contributed by atoms with Gasteiger partial charge in [0.15, 0.2) is 22.4 Å². The fourth-order valence-corrected chi connectivity index (χ4v) is 4.88. The average Bonchev–Trinajstić information content (AvgIpc) is 3.26. The maximum atomic E-state index is 14.5. The van der Waals surface area contributed by atoms with Gasteiger partial charge in [0.1, 0.15) is 5.60 Å². The van der Waals surface area contributed by atoms with Crippen molar-refractivity contribution < 1.29 is 41.2 Å². The summed E-state index contributed by atoms with van der Waals surface area (Å²) in [6, 6.07) is 4.47. The second kappa shape index (κ2) is 15.1. The number of hydrogen-bond acceptors (Lipinski definition) is 10. The van der Waals surface area contributed by atoms with Crippen LogP contribution in [0.1, 0.15) is 54.5 Å². The van der Waals surface area contributed by atoms with E-state index in [2.05, 4.69) is 16.8 Å². The molecule has 0 saturated heterocycles. The number of hydrogen-bond donors (Lipinski definition) is 1. The van der Waals surface area contributed by atoms with Crippen LogP contribution in [-0.2, 0) is 26.0 Å². The summed E-state index contributed by atoms with van der Waals surface area (Å²) in [4.78, 5) is 33.1. The summed E-state index contributed by atoms with van der Waals surface area (Å²) in [5, 5.41) is 0.0999. The predicted octanol–water partition coefficient (Wildman–Crippen LogP) is 4.01. The molecule has 41 heavy (non-hydrogen) atoms. The number of rotatable bonds is 12. The van der Waals surface area contributed by atoms with Gasteiger partial charge in [0, 0.05) is 17.0 Å². The van der Waals surface area contributed by atoms with Crippen molar-refractivity contribution in [1.82, 2.24) is 9.88 Å². The van der Waals surface area contributed by atoms with Gasteiger partial charge in [0.2, 0.25) is 0 Å². The molecule has 0 unspecified atom stereocenters. The zero-order valence-electron chi connectivity index (χ0n) is 24.0.